The molecule has 29 heavy (non-hydrogen) atoms. The summed E-state index contributed by atoms with van der Waals surface area (Å²) in [4.78, 5) is 4.07. The maximum atomic E-state index is 13.1. The molecule has 1 fully saturated rings. The number of ether oxygens (including phenoxy) is 1. The number of nitrogens with zero attached hydrogens (tertiary/aromatic N) is 3. The van der Waals surface area contributed by atoms with Gasteiger partial charge in [0.25, 0.3) is 10.0 Å². The molecule has 1 aliphatic heterocycles. The van der Waals surface area contributed by atoms with Gasteiger partial charge in [-0.3, -0.25) is 0 Å². The summed E-state index contributed by atoms with van der Waals surface area (Å²) in [6.45, 7) is 3.87. The van der Waals surface area contributed by atoms with Gasteiger partial charge in [-0.05, 0) is 31.4 Å². The Morgan fingerprint density at radius 3 is 2.66 bits per heavy atom. The maximum Gasteiger partial charge on any atom is 0.262 e. The number of nitrogens with one attached hydrogen (secondary N) is 1. The van der Waals surface area contributed by atoms with Crippen LogP contribution in [0.15, 0.2) is 47.9 Å². The van der Waals surface area contributed by atoms with Crippen LogP contribution in [0.1, 0.15) is 37.7 Å². The zero-order valence-corrected chi connectivity index (χ0v) is 18.3. The van der Waals surface area contributed by atoms with Crippen molar-refractivity contribution in [1.29, 1.82) is 0 Å². The van der Waals surface area contributed by atoms with Gasteiger partial charge in [-0.25, -0.2) is 13.4 Å². The maximum absolute atomic E-state index is 13.1. The van der Waals surface area contributed by atoms with Crippen LogP contribution < -0.4 is 5.32 Å². The van der Waals surface area contributed by atoms with Crippen LogP contribution in [0.5, 0.6) is 0 Å². The van der Waals surface area contributed by atoms with E-state index in [0.29, 0.717) is 13.1 Å². The summed E-state index contributed by atoms with van der Waals surface area (Å²) < 4.78 is 34.8. The Bertz CT molecular complexity index is 865. The summed E-state index contributed by atoms with van der Waals surface area (Å²) in [5, 5.41) is 3.71. The number of hydrogen-bond donors (Lipinski definition) is 1. The summed E-state index contributed by atoms with van der Waals surface area (Å²) in [5.74, 6) is 0.110. The van der Waals surface area contributed by atoms with E-state index < -0.39 is 10.0 Å². The smallest absolute Gasteiger partial charge is 0.262 e. The lowest BCUT2D eigenvalue weighted by molar-refractivity contribution is 0.0902. The van der Waals surface area contributed by atoms with Gasteiger partial charge in [0.15, 0.2) is 5.03 Å². The van der Waals surface area contributed by atoms with E-state index in [2.05, 4.69) is 29.4 Å². The molecular weight excluding hydrogens is 388 g/mol. The van der Waals surface area contributed by atoms with Crippen molar-refractivity contribution in [2.75, 3.05) is 26.7 Å². The van der Waals surface area contributed by atoms with Crippen LogP contribution in [-0.4, -0.2) is 61.2 Å². The Hall–Kier alpha value is -1.74. The molecular formula is C21H32N4O3S. The van der Waals surface area contributed by atoms with E-state index in [0.717, 1.165) is 31.4 Å². The van der Waals surface area contributed by atoms with E-state index in [1.54, 1.807) is 29.2 Å². The first-order valence-electron chi connectivity index (χ1n) is 10.2. The standard InChI is InChI=1S/C21H32N4O3S/c1-4-18(28-3)11-8-12-22-20-14-25(13-19(20)17-9-6-5-7-10-17)29(26,27)21-15-24(2)16-23-21/h5-7,9-10,15-16,18-20,22H,4,8,11-14H2,1-3H3/t18-,19?,20?/m0/s1. The van der Waals surface area contributed by atoms with E-state index >= 15 is 0 Å². The van der Waals surface area contributed by atoms with Crippen molar-refractivity contribution < 1.29 is 13.2 Å². The van der Waals surface area contributed by atoms with E-state index in [-0.39, 0.29) is 23.1 Å². The molecule has 2 heterocycles. The van der Waals surface area contributed by atoms with Crippen molar-refractivity contribution >= 4 is 10.0 Å². The zero-order valence-electron chi connectivity index (χ0n) is 17.5. The molecule has 1 saturated heterocycles. The second-order valence-electron chi connectivity index (χ2n) is 7.69. The average molecular weight is 421 g/mol. The molecule has 8 heteroatoms. The van der Waals surface area contributed by atoms with Crippen molar-refractivity contribution in [1.82, 2.24) is 19.2 Å². The van der Waals surface area contributed by atoms with Crippen LogP contribution >= 0.6 is 0 Å². The largest absolute Gasteiger partial charge is 0.381 e. The number of hydrogen-bond acceptors (Lipinski definition) is 5. The minimum Gasteiger partial charge on any atom is -0.381 e. The molecule has 0 aliphatic carbocycles. The van der Waals surface area contributed by atoms with Gasteiger partial charge < -0.3 is 14.6 Å². The van der Waals surface area contributed by atoms with E-state index in [1.807, 2.05) is 18.2 Å². The van der Waals surface area contributed by atoms with Crippen LogP contribution in [0.3, 0.4) is 0 Å². The minimum absolute atomic E-state index is 0.0681. The molecule has 7 nitrogen and oxygen atoms in total. The molecule has 0 saturated carbocycles. The topological polar surface area (TPSA) is 76.5 Å². The third-order valence-electron chi connectivity index (χ3n) is 5.70. The molecule has 0 spiro atoms. The van der Waals surface area contributed by atoms with Crippen LogP contribution in [0, 0.1) is 0 Å². The number of benzene rings is 1. The Labute approximate surface area is 174 Å². The first-order chi connectivity index (χ1) is 14.0. The van der Waals surface area contributed by atoms with Gasteiger partial charge >= 0.3 is 0 Å². The Kier molecular flexibility index (Phi) is 7.45. The Balaban J connectivity index is 1.71. The Morgan fingerprint density at radius 2 is 2.03 bits per heavy atom. The number of imidazole rings is 1. The number of aromatic nitrogens is 2. The van der Waals surface area contributed by atoms with Gasteiger partial charge in [-0.15, -0.1) is 0 Å². The SMILES string of the molecule is CC[C@@H](CCCNC1CN(S(=O)(=O)c2cn(C)cn2)CC1c1ccccc1)OC. The number of aryl methyl sites for hydroxylation is 1. The molecule has 3 rings (SSSR count). The zero-order chi connectivity index (χ0) is 20.9. The predicted molar refractivity (Wildman–Crippen MR) is 113 cm³/mol. The highest BCUT2D eigenvalue weighted by Crippen LogP contribution is 2.31. The van der Waals surface area contributed by atoms with E-state index in [1.165, 1.54) is 6.33 Å². The molecule has 1 aromatic carbocycles. The van der Waals surface area contributed by atoms with E-state index in [9.17, 15) is 8.42 Å². The quantitative estimate of drug-likeness (QED) is 0.597. The van der Waals surface area contributed by atoms with Gasteiger partial charge in [-0.2, -0.15) is 4.31 Å². The third kappa shape index (κ3) is 5.25. The summed E-state index contributed by atoms with van der Waals surface area (Å²) >= 11 is 0. The molecule has 1 aromatic heterocycles. The fourth-order valence-corrected chi connectivity index (χ4v) is 5.43. The molecule has 160 valence electrons. The number of methoxy groups -OCH3 is 1. The molecule has 1 N–H and O–H groups in total. The second kappa shape index (κ2) is 9.84. The van der Waals surface area contributed by atoms with Crippen LogP contribution in [0.4, 0.5) is 0 Å². The van der Waals surface area contributed by atoms with Crippen molar-refractivity contribution in [2.24, 2.45) is 7.05 Å². The fraction of sp³-hybridized carbons (Fsp3) is 0.571. The number of sulfonamides is 1. The van der Waals surface area contributed by atoms with Crippen molar-refractivity contribution in [3.8, 4) is 0 Å². The molecule has 2 unspecified atom stereocenters. The van der Waals surface area contributed by atoms with Crippen LogP contribution in [0.2, 0.25) is 0 Å². The van der Waals surface area contributed by atoms with Crippen LogP contribution in [-0.2, 0) is 21.8 Å². The summed E-state index contributed by atoms with van der Waals surface area (Å²) in [6, 6.07) is 10.2. The van der Waals surface area contributed by atoms with Crippen molar-refractivity contribution in [3.63, 3.8) is 0 Å². The molecule has 1 aliphatic rings. The monoisotopic (exact) mass is 420 g/mol. The van der Waals surface area contributed by atoms with Gasteiger partial charge in [-0.1, -0.05) is 37.3 Å². The first kappa shape index (κ1) is 22.0. The van der Waals surface area contributed by atoms with Gasteiger partial charge in [0.2, 0.25) is 0 Å². The minimum atomic E-state index is -3.60. The highest BCUT2D eigenvalue weighted by molar-refractivity contribution is 7.89. The second-order valence-corrected chi connectivity index (χ2v) is 9.57. The molecule has 0 radical (unpaired) electrons. The summed E-state index contributed by atoms with van der Waals surface area (Å²) in [6.07, 6.45) is 6.36. The van der Waals surface area contributed by atoms with Crippen LogP contribution in [0.25, 0.3) is 0 Å². The average Bonchev–Trinajstić information content (AvgIpc) is 3.36. The highest BCUT2D eigenvalue weighted by atomic mass is 32.2. The summed E-state index contributed by atoms with van der Waals surface area (Å²) in [5.41, 5.74) is 1.16. The van der Waals surface area contributed by atoms with Crippen molar-refractivity contribution in [2.45, 2.75) is 49.3 Å². The molecule has 2 aromatic rings. The number of rotatable bonds is 10. The normalized spacial score (nSPS) is 21.5. The predicted octanol–water partition coefficient (Wildman–Crippen LogP) is 2.37. The van der Waals surface area contributed by atoms with Gasteiger partial charge in [0, 0.05) is 45.4 Å². The molecule has 0 amide bonds. The van der Waals surface area contributed by atoms with Crippen molar-refractivity contribution in [3.05, 3.63) is 48.4 Å². The lowest BCUT2D eigenvalue weighted by atomic mass is 9.94. The lowest BCUT2D eigenvalue weighted by Crippen LogP contribution is -2.37. The summed E-state index contributed by atoms with van der Waals surface area (Å²) in [7, 11) is -0.0734. The first-order valence-corrected chi connectivity index (χ1v) is 11.7. The van der Waals surface area contributed by atoms with Gasteiger partial charge in [0.05, 0.1) is 12.4 Å². The highest BCUT2D eigenvalue weighted by Gasteiger charge is 2.40. The molecule has 0 bridgehead atoms. The van der Waals surface area contributed by atoms with E-state index in [4.69, 9.17) is 4.74 Å². The third-order valence-corrected chi connectivity index (χ3v) is 7.41. The lowest BCUT2D eigenvalue weighted by Gasteiger charge is -2.21. The Morgan fingerprint density at radius 1 is 1.28 bits per heavy atom. The fourth-order valence-electron chi connectivity index (χ4n) is 3.97. The van der Waals surface area contributed by atoms with Gasteiger partial charge in [0.1, 0.15) is 0 Å². The molecule has 3 atom stereocenters.